The van der Waals surface area contributed by atoms with Crippen LogP contribution in [0.4, 0.5) is 4.79 Å². The van der Waals surface area contributed by atoms with E-state index in [9.17, 15) is 14.7 Å². The van der Waals surface area contributed by atoms with E-state index in [1.165, 1.54) is 37.7 Å². The molecule has 0 spiro atoms. The van der Waals surface area contributed by atoms with E-state index in [-0.39, 0.29) is 13.0 Å². The fourth-order valence-corrected chi connectivity index (χ4v) is 5.14. The van der Waals surface area contributed by atoms with E-state index in [1.54, 1.807) is 0 Å². The Labute approximate surface area is 248 Å². The molecule has 7 nitrogen and oxygen atoms in total. The van der Waals surface area contributed by atoms with Crippen molar-refractivity contribution in [1.82, 2.24) is 15.3 Å². The summed E-state index contributed by atoms with van der Waals surface area (Å²) in [5, 5.41) is 12.1. The Hall–Kier alpha value is -4.52. The second kappa shape index (κ2) is 15.5. The van der Waals surface area contributed by atoms with E-state index in [4.69, 9.17) is 4.74 Å². The van der Waals surface area contributed by atoms with E-state index in [2.05, 4.69) is 39.6 Å². The maximum absolute atomic E-state index is 12.2. The number of hydrogen-bond acceptors (Lipinski definition) is 5. The first-order chi connectivity index (χ1) is 20.5. The molecule has 1 heterocycles. The van der Waals surface area contributed by atoms with Gasteiger partial charge >= 0.3 is 12.1 Å². The number of carbonyl (C=O) groups excluding carboxylic acids is 1. The van der Waals surface area contributed by atoms with Crippen LogP contribution >= 0.6 is 0 Å². The van der Waals surface area contributed by atoms with Gasteiger partial charge in [-0.05, 0) is 41.0 Å². The molecular formula is C35H39N3O4. The highest BCUT2D eigenvalue weighted by atomic mass is 16.5. The molecule has 0 aliphatic heterocycles. The number of amides is 1. The first kappa shape index (κ1) is 30.4. The van der Waals surface area contributed by atoms with Crippen molar-refractivity contribution in [3.63, 3.8) is 0 Å². The number of benzene rings is 3. The minimum atomic E-state index is -1.13. The summed E-state index contributed by atoms with van der Waals surface area (Å²) in [6, 6.07) is 24.2. The third-order valence-corrected chi connectivity index (χ3v) is 7.43. The Bertz CT molecular complexity index is 1400. The predicted molar refractivity (Wildman–Crippen MR) is 165 cm³/mol. The average molecular weight is 566 g/mol. The molecule has 1 aromatic heterocycles. The van der Waals surface area contributed by atoms with Crippen LogP contribution in [-0.4, -0.2) is 33.2 Å². The van der Waals surface area contributed by atoms with E-state index in [0.29, 0.717) is 11.7 Å². The molecule has 0 radical (unpaired) electrons. The van der Waals surface area contributed by atoms with Gasteiger partial charge in [0.05, 0.1) is 0 Å². The predicted octanol–water partition coefficient (Wildman–Crippen LogP) is 7.81. The molecule has 218 valence electrons. The van der Waals surface area contributed by atoms with Gasteiger partial charge in [0.15, 0.2) is 5.82 Å². The van der Waals surface area contributed by atoms with Crippen LogP contribution in [-0.2, 0) is 22.6 Å². The molecule has 42 heavy (non-hydrogen) atoms. The number of hydrogen-bond donors (Lipinski definition) is 2. The molecule has 1 saturated carbocycles. The van der Waals surface area contributed by atoms with Gasteiger partial charge in [0.25, 0.3) is 0 Å². The van der Waals surface area contributed by atoms with Gasteiger partial charge in [0, 0.05) is 29.9 Å². The summed E-state index contributed by atoms with van der Waals surface area (Å²) in [5.74, 6) is 0.136. The number of nitrogens with zero attached hydrogens (tertiary/aromatic N) is 2. The number of nitrogens with one attached hydrogen (secondary N) is 1. The summed E-state index contributed by atoms with van der Waals surface area (Å²) < 4.78 is 5.17. The molecule has 3 aromatic carbocycles. The number of aliphatic carboxylic acids is 1. The number of carboxylic acid groups (broad SMARTS) is 1. The monoisotopic (exact) mass is 565 g/mol. The molecule has 0 bridgehead atoms. The van der Waals surface area contributed by atoms with Gasteiger partial charge < -0.3 is 15.2 Å². The van der Waals surface area contributed by atoms with Crippen molar-refractivity contribution in [3.8, 4) is 22.5 Å². The first-order valence-electron chi connectivity index (χ1n) is 14.8. The lowest BCUT2D eigenvalue weighted by atomic mass is 9.84. The molecule has 1 aliphatic carbocycles. The summed E-state index contributed by atoms with van der Waals surface area (Å²) in [6.07, 6.45) is 9.57. The first-order valence-corrected chi connectivity index (χ1v) is 14.8. The lowest BCUT2D eigenvalue weighted by Crippen LogP contribution is -2.42. The summed E-state index contributed by atoms with van der Waals surface area (Å²) in [4.78, 5) is 33.1. The van der Waals surface area contributed by atoms with E-state index in [1.807, 2.05) is 80.8 Å². The number of alkyl carbamates (subject to hydrolysis) is 1. The number of rotatable bonds is 9. The van der Waals surface area contributed by atoms with Gasteiger partial charge in [0.2, 0.25) is 0 Å². The number of carbonyl (C=O) groups is 2. The van der Waals surface area contributed by atoms with Gasteiger partial charge in [-0.25, -0.2) is 19.6 Å². The highest BCUT2D eigenvalue weighted by Crippen LogP contribution is 2.33. The fourth-order valence-electron chi connectivity index (χ4n) is 5.14. The maximum Gasteiger partial charge on any atom is 0.408 e. The fraction of sp³-hybridized carbons (Fsp3) is 0.314. The molecule has 1 aliphatic rings. The Morgan fingerprint density at radius 3 is 2.05 bits per heavy atom. The third kappa shape index (κ3) is 8.49. The average Bonchev–Trinajstić information content (AvgIpc) is 3.06. The van der Waals surface area contributed by atoms with Crippen LogP contribution in [0.2, 0.25) is 0 Å². The molecule has 1 fully saturated rings. The Kier molecular flexibility index (Phi) is 11.2. The van der Waals surface area contributed by atoms with Gasteiger partial charge in [-0.1, -0.05) is 112 Å². The largest absolute Gasteiger partial charge is 0.480 e. The molecule has 1 atom stereocenters. The van der Waals surface area contributed by atoms with Crippen LogP contribution in [0.15, 0.2) is 91.3 Å². The normalized spacial score (nSPS) is 13.8. The number of carboxylic acids is 1. The van der Waals surface area contributed by atoms with Crippen molar-refractivity contribution in [2.24, 2.45) is 0 Å². The van der Waals surface area contributed by atoms with Crippen LogP contribution in [0.5, 0.6) is 0 Å². The number of ether oxygens (including phenoxy) is 1. The zero-order valence-electron chi connectivity index (χ0n) is 24.3. The molecule has 2 N–H and O–H groups in total. The van der Waals surface area contributed by atoms with Crippen molar-refractivity contribution in [1.29, 1.82) is 0 Å². The van der Waals surface area contributed by atoms with E-state index >= 15 is 0 Å². The highest BCUT2D eigenvalue weighted by molar-refractivity contribution is 5.80. The lowest BCUT2D eigenvalue weighted by molar-refractivity contribution is -0.139. The van der Waals surface area contributed by atoms with Gasteiger partial charge in [0.1, 0.15) is 12.6 Å². The van der Waals surface area contributed by atoms with Crippen molar-refractivity contribution < 1.29 is 19.4 Å². The molecule has 5 rings (SSSR count). The molecule has 4 aromatic rings. The van der Waals surface area contributed by atoms with Crippen LogP contribution in [0.25, 0.3) is 22.5 Å². The summed E-state index contributed by atoms with van der Waals surface area (Å²) >= 11 is 0. The van der Waals surface area contributed by atoms with Gasteiger partial charge in [-0.15, -0.1) is 0 Å². The molecule has 1 amide bonds. The van der Waals surface area contributed by atoms with Crippen molar-refractivity contribution in [2.75, 3.05) is 0 Å². The standard InChI is InChI=1S/C33H33N3O4.C2H6/c37-32(38)30(36-33(39)40-22-24-7-3-1-4-8-24)19-23-11-13-28(14-12-23)31-34-20-29(21-35-31)27-17-15-26(16-18-27)25-9-5-2-6-10-25;1-2/h1,3-4,7-8,11-18,20-21,25,30H,2,5-6,9-10,19,22H2,(H,36,39)(H,37,38);1-2H3. The quantitative estimate of drug-likeness (QED) is 0.215. The zero-order valence-corrected chi connectivity index (χ0v) is 24.3. The van der Waals surface area contributed by atoms with Crippen molar-refractivity contribution in [3.05, 3.63) is 108 Å². The third-order valence-electron chi connectivity index (χ3n) is 7.43. The minimum absolute atomic E-state index is 0.0677. The van der Waals surface area contributed by atoms with Gasteiger partial charge in [-0.2, -0.15) is 0 Å². The van der Waals surface area contributed by atoms with Crippen LogP contribution < -0.4 is 5.32 Å². The second-order valence-corrected chi connectivity index (χ2v) is 10.3. The zero-order chi connectivity index (χ0) is 29.7. The molecule has 7 heteroatoms. The summed E-state index contributed by atoms with van der Waals surface area (Å²) in [7, 11) is 0. The van der Waals surface area contributed by atoms with Crippen LogP contribution in [0.3, 0.4) is 0 Å². The topological polar surface area (TPSA) is 101 Å². The Morgan fingerprint density at radius 1 is 0.810 bits per heavy atom. The number of aromatic nitrogens is 2. The SMILES string of the molecule is CC.O=C(NC(Cc1ccc(-c2ncc(-c3ccc(C4CCCCC4)cc3)cn2)cc1)C(=O)O)OCc1ccccc1. The molecule has 1 unspecified atom stereocenters. The van der Waals surface area contributed by atoms with Crippen LogP contribution in [0, 0.1) is 0 Å². The van der Waals surface area contributed by atoms with Crippen molar-refractivity contribution in [2.45, 2.75) is 70.9 Å². The smallest absolute Gasteiger partial charge is 0.408 e. The Morgan fingerprint density at radius 2 is 1.43 bits per heavy atom. The summed E-state index contributed by atoms with van der Waals surface area (Å²) in [5.41, 5.74) is 5.88. The molecule has 0 saturated heterocycles. The van der Waals surface area contributed by atoms with Gasteiger partial charge in [-0.3, -0.25) is 0 Å². The Balaban J connectivity index is 0.00000198. The highest BCUT2D eigenvalue weighted by Gasteiger charge is 2.21. The van der Waals surface area contributed by atoms with Crippen LogP contribution in [0.1, 0.15) is 68.6 Å². The lowest BCUT2D eigenvalue weighted by Gasteiger charge is -2.22. The second-order valence-electron chi connectivity index (χ2n) is 10.3. The molecular weight excluding hydrogens is 526 g/mol. The maximum atomic E-state index is 12.2. The van der Waals surface area contributed by atoms with E-state index < -0.39 is 18.1 Å². The minimum Gasteiger partial charge on any atom is -0.480 e. The van der Waals surface area contributed by atoms with E-state index in [0.717, 1.165) is 27.8 Å². The van der Waals surface area contributed by atoms with Crippen molar-refractivity contribution >= 4 is 12.1 Å². The summed E-state index contributed by atoms with van der Waals surface area (Å²) in [6.45, 7) is 4.07.